The molecule has 9 heteroatoms. The first-order valence-corrected chi connectivity index (χ1v) is 10.9. The third kappa shape index (κ3) is 7.50. The van der Waals surface area contributed by atoms with E-state index in [1.165, 1.54) is 35.0 Å². The highest BCUT2D eigenvalue weighted by Gasteiger charge is 2.25. The Bertz CT molecular complexity index is 983. The molecule has 1 amide bonds. The number of aliphatic carboxylic acids is 1. The average molecular weight is 461 g/mol. The Morgan fingerprint density at radius 2 is 1.82 bits per heavy atom. The van der Waals surface area contributed by atoms with E-state index in [1.54, 1.807) is 6.08 Å². The van der Waals surface area contributed by atoms with E-state index in [9.17, 15) is 29.3 Å². The lowest BCUT2D eigenvalue weighted by molar-refractivity contribution is -0.307. The second kappa shape index (κ2) is 11.7. The van der Waals surface area contributed by atoms with Crippen molar-refractivity contribution in [3.63, 3.8) is 0 Å². The van der Waals surface area contributed by atoms with Crippen molar-refractivity contribution in [1.29, 1.82) is 0 Å². The van der Waals surface area contributed by atoms with Crippen LogP contribution >= 0.6 is 0 Å². The number of aliphatic hydroxyl groups excluding tert-OH is 2. The molecule has 0 aliphatic heterocycles. The van der Waals surface area contributed by atoms with Crippen molar-refractivity contribution in [2.24, 2.45) is 5.92 Å². The molecular weight excluding hydrogens is 429 g/mol. The number of aliphatic hydroxyl groups is 2. The monoisotopic (exact) mass is 460 g/mol. The number of benzene rings is 1. The maximum absolute atomic E-state index is 13.5. The van der Waals surface area contributed by atoms with E-state index in [1.807, 2.05) is 27.7 Å². The molecule has 8 nitrogen and oxygen atoms in total. The molecule has 0 spiro atoms. The summed E-state index contributed by atoms with van der Waals surface area (Å²) in [6.45, 7) is 8.24. The molecule has 0 aliphatic rings. The number of hydrogen-bond donors (Lipinski definition) is 3. The van der Waals surface area contributed by atoms with E-state index >= 15 is 0 Å². The second-order valence-corrected chi connectivity index (χ2v) is 8.69. The Balaban J connectivity index is 2.49. The molecule has 0 bridgehead atoms. The number of carbonyl (C=O) groups excluding carboxylic acids is 2. The van der Waals surface area contributed by atoms with E-state index < -0.39 is 30.4 Å². The van der Waals surface area contributed by atoms with Crippen LogP contribution in [0, 0.1) is 11.7 Å². The Labute approximate surface area is 192 Å². The quantitative estimate of drug-likeness (QED) is 0.469. The van der Waals surface area contributed by atoms with Gasteiger partial charge in [0.1, 0.15) is 5.82 Å². The SMILES string of the molecule is CC(C)CNC(=O)c1nn(-c2ccc(F)cc2)c(/C=C/[C@@H](O)C[C@@H](O)CC(=O)[O-])c1C(C)C. The van der Waals surface area contributed by atoms with E-state index in [-0.39, 0.29) is 29.9 Å². The van der Waals surface area contributed by atoms with Crippen LogP contribution in [0.2, 0.25) is 0 Å². The molecule has 1 aromatic heterocycles. The molecule has 0 aliphatic carbocycles. The molecule has 1 aromatic carbocycles. The molecule has 2 rings (SSSR count). The summed E-state index contributed by atoms with van der Waals surface area (Å²) in [5, 5.41) is 38.0. The van der Waals surface area contributed by atoms with Gasteiger partial charge in [-0.25, -0.2) is 9.07 Å². The Hall–Kier alpha value is -3.04. The van der Waals surface area contributed by atoms with Crippen LogP contribution in [0.4, 0.5) is 4.39 Å². The average Bonchev–Trinajstić information content (AvgIpc) is 3.10. The predicted molar refractivity (Wildman–Crippen MR) is 120 cm³/mol. The zero-order chi connectivity index (χ0) is 24.7. The van der Waals surface area contributed by atoms with Crippen molar-refractivity contribution < 1.29 is 29.3 Å². The fourth-order valence-electron chi connectivity index (χ4n) is 3.34. The van der Waals surface area contributed by atoms with E-state index in [2.05, 4.69) is 10.4 Å². The minimum Gasteiger partial charge on any atom is -0.550 e. The lowest BCUT2D eigenvalue weighted by Crippen LogP contribution is -2.29. The number of nitrogens with zero attached hydrogens (tertiary/aromatic N) is 2. The highest BCUT2D eigenvalue weighted by molar-refractivity contribution is 5.95. The third-order valence-electron chi connectivity index (χ3n) is 4.89. The summed E-state index contributed by atoms with van der Waals surface area (Å²) in [7, 11) is 0. The number of carboxylic acids is 1. The van der Waals surface area contributed by atoms with Crippen LogP contribution in [-0.2, 0) is 4.79 Å². The van der Waals surface area contributed by atoms with Crippen molar-refractivity contribution >= 4 is 18.0 Å². The molecule has 2 aromatic rings. The highest BCUT2D eigenvalue weighted by atomic mass is 19.1. The van der Waals surface area contributed by atoms with Crippen molar-refractivity contribution in [3.05, 3.63) is 53.1 Å². The smallest absolute Gasteiger partial charge is 0.272 e. The molecule has 1 heterocycles. The van der Waals surface area contributed by atoms with Crippen LogP contribution < -0.4 is 10.4 Å². The van der Waals surface area contributed by atoms with E-state index in [0.29, 0.717) is 23.5 Å². The number of carbonyl (C=O) groups is 2. The molecule has 180 valence electrons. The van der Waals surface area contributed by atoms with Gasteiger partial charge in [-0.2, -0.15) is 5.10 Å². The van der Waals surface area contributed by atoms with E-state index in [4.69, 9.17) is 0 Å². The van der Waals surface area contributed by atoms with Crippen LogP contribution in [-0.4, -0.2) is 50.6 Å². The van der Waals surface area contributed by atoms with Crippen molar-refractivity contribution in [2.75, 3.05) is 6.54 Å². The first-order chi connectivity index (χ1) is 15.5. The summed E-state index contributed by atoms with van der Waals surface area (Å²) in [6, 6.07) is 5.62. The van der Waals surface area contributed by atoms with Gasteiger partial charge in [-0.05, 0) is 42.2 Å². The fraction of sp³-hybridized carbons (Fsp3) is 0.458. The van der Waals surface area contributed by atoms with Crippen LogP contribution in [0.25, 0.3) is 11.8 Å². The Morgan fingerprint density at radius 3 is 2.36 bits per heavy atom. The Kier molecular flexibility index (Phi) is 9.31. The normalized spacial score (nSPS) is 13.6. The lowest BCUT2D eigenvalue weighted by Gasteiger charge is -2.14. The molecule has 3 N–H and O–H groups in total. The topological polar surface area (TPSA) is 128 Å². The molecule has 0 radical (unpaired) electrons. The largest absolute Gasteiger partial charge is 0.550 e. The molecular formula is C24H31FN3O5-. The van der Waals surface area contributed by atoms with Gasteiger partial charge in [-0.15, -0.1) is 0 Å². The predicted octanol–water partition coefficient (Wildman–Crippen LogP) is 1.79. The number of nitrogens with one attached hydrogen (secondary N) is 1. The maximum atomic E-state index is 13.5. The maximum Gasteiger partial charge on any atom is 0.272 e. The molecule has 0 saturated heterocycles. The zero-order valence-corrected chi connectivity index (χ0v) is 19.3. The highest BCUT2D eigenvalue weighted by Crippen LogP contribution is 2.28. The summed E-state index contributed by atoms with van der Waals surface area (Å²) >= 11 is 0. The van der Waals surface area contributed by atoms with Crippen LogP contribution in [0.1, 0.15) is 68.2 Å². The summed E-state index contributed by atoms with van der Waals surface area (Å²) < 4.78 is 15.0. The van der Waals surface area contributed by atoms with Gasteiger partial charge < -0.3 is 25.4 Å². The summed E-state index contributed by atoms with van der Waals surface area (Å²) in [4.78, 5) is 23.5. The number of hydrogen-bond acceptors (Lipinski definition) is 6. The fourth-order valence-corrected chi connectivity index (χ4v) is 3.34. The number of amides is 1. The van der Waals surface area contributed by atoms with Gasteiger partial charge in [-0.1, -0.05) is 33.8 Å². The number of carboxylic acid groups (broad SMARTS) is 1. The van der Waals surface area contributed by atoms with E-state index in [0.717, 1.165) is 0 Å². The minimum atomic E-state index is -1.41. The Morgan fingerprint density at radius 1 is 1.18 bits per heavy atom. The van der Waals surface area contributed by atoms with Gasteiger partial charge in [0.15, 0.2) is 5.69 Å². The zero-order valence-electron chi connectivity index (χ0n) is 19.3. The van der Waals surface area contributed by atoms with Gasteiger partial charge in [0.05, 0.1) is 23.6 Å². The third-order valence-corrected chi connectivity index (χ3v) is 4.89. The summed E-state index contributed by atoms with van der Waals surface area (Å²) in [5.41, 5.74) is 1.90. The number of halogens is 1. The summed E-state index contributed by atoms with van der Waals surface area (Å²) in [5.74, 6) is -2.03. The van der Waals surface area contributed by atoms with Gasteiger partial charge in [0, 0.05) is 30.9 Å². The van der Waals surface area contributed by atoms with Crippen molar-refractivity contribution in [3.8, 4) is 5.69 Å². The van der Waals surface area contributed by atoms with Gasteiger partial charge in [0.25, 0.3) is 5.91 Å². The van der Waals surface area contributed by atoms with Gasteiger partial charge >= 0.3 is 0 Å². The van der Waals surface area contributed by atoms with Crippen LogP contribution in [0.3, 0.4) is 0 Å². The van der Waals surface area contributed by atoms with Gasteiger partial charge in [-0.3, -0.25) is 4.79 Å². The summed E-state index contributed by atoms with van der Waals surface area (Å²) in [6.07, 6.45) is -0.227. The molecule has 0 fully saturated rings. The first-order valence-electron chi connectivity index (χ1n) is 10.9. The van der Waals surface area contributed by atoms with Gasteiger partial charge in [0.2, 0.25) is 0 Å². The lowest BCUT2D eigenvalue weighted by atomic mass is 9.98. The molecule has 2 atom stereocenters. The number of rotatable bonds is 11. The first kappa shape index (κ1) is 26.2. The molecule has 0 unspecified atom stereocenters. The van der Waals surface area contributed by atoms with Crippen LogP contribution in [0.5, 0.6) is 0 Å². The molecule has 0 saturated carbocycles. The molecule has 33 heavy (non-hydrogen) atoms. The standard InChI is InChI=1S/C24H32FN3O5/c1-14(2)13-26-24(33)23-22(15(3)4)20(10-9-18(29)11-19(30)12-21(31)32)28(27-23)17-7-5-16(25)6-8-17/h5-10,14-15,18-19,29-30H,11-13H2,1-4H3,(H,26,33)(H,31,32)/p-1/b10-9+/t18-,19-/m1/s1. The number of aromatic nitrogens is 2. The minimum absolute atomic E-state index is 0.112. The van der Waals surface area contributed by atoms with Crippen LogP contribution in [0.15, 0.2) is 30.3 Å². The van der Waals surface area contributed by atoms with Crippen molar-refractivity contribution in [1.82, 2.24) is 15.1 Å². The second-order valence-electron chi connectivity index (χ2n) is 8.69. The van der Waals surface area contributed by atoms with Crippen molar-refractivity contribution in [2.45, 2.75) is 58.7 Å².